The van der Waals surface area contributed by atoms with Crippen LogP contribution in [-0.2, 0) is 19.2 Å². The first-order valence-electron chi connectivity index (χ1n) is 7.58. The molecule has 0 saturated heterocycles. The number of anilines is 1. The van der Waals surface area contributed by atoms with E-state index in [0.29, 0.717) is 5.75 Å². The number of nitrogens with one attached hydrogen (secondary N) is 1. The lowest BCUT2D eigenvalue weighted by atomic mass is 10.2. The first-order valence-corrected chi connectivity index (χ1v) is 7.58. The van der Waals surface area contributed by atoms with Gasteiger partial charge in [-0.15, -0.1) is 0 Å². The lowest BCUT2D eigenvalue weighted by Crippen LogP contribution is -2.22. The number of nitrogens with zero attached hydrogens (tertiary/aromatic N) is 1. The summed E-state index contributed by atoms with van der Waals surface area (Å²) in [5, 5.41) is 5.92. The molecule has 0 spiro atoms. The Morgan fingerprint density at radius 2 is 1.85 bits per heavy atom. The third kappa shape index (κ3) is 6.23. The lowest BCUT2D eigenvalue weighted by Gasteiger charge is -2.06. The zero-order valence-corrected chi connectivity index (χ0v) is 14.0. The van der Waals surface area contributed by atoms with Gasteiger partial charge in [-0.05, 0) is 42.0 Å². The fraction of sp³-hybridized carbons (Fsp3) is 0.167. The SMILES string of the molecule is COc1ccc(/C=N\OCC(=O)OCC(=O)Nc2ccccc2F)cc1. The van der Waals surface area contributed by atoms with Crippen molar-refractivity contribution in [2.24, 2.45) is 5.16 Å². The minimum absolute atomic E-state index is 0.00823. The summed E-state index contributed by atoms with van der Waals surface area (Å²) in [6.07, 6.45) is 1.41. The van der Waals surface area contributed by atoms with E-state index in [1.54, 1.807) is 37.4 Å². The fourth-order valence-corrected chi connectivity index (χ4v) is 1.81. The topological polar surface area (TPSA) is 86.2 Å². The molecule has 0 aromatic heterocycles. The van der Waals surface area contributed by atoms with Crippen LogP contribution in [0.15, 0.2) is 53.7 Å². The maximum atomic E-state index is 13.4. The largest absolute Gasteiger partial charge is 0.497 e. The molecule has 0 heterocycles. The van der Waals surface area contributed by atoms with Crippen molar-refractivity contribution < 1.29 is 28.3 Å². The number of para-hydroxylation sites is 1. The van der Waals surface area contributed by atoms with E-state index in [-0.39, 0.29) is 5.69 Å². The number of amides is 1. The molecule has 1 amide bonds. The van der Waals surface area contributed by atoms with E-state index >= 15 is 0 Å². The Labute approximate surface area is 149 Å². The normalized spacial score (nSPS) is 10.4. The van der Waals surface area contributed by atoms with Crippen molar-refractivity contribution >= 4 is 23.8 Å². The second-order valence-electron chi connectivity index (χ2n) is 4.97. The van der Waals surface area contributed by atoms with E-state index in [4.69, 9.17) is 14.3 Å². The average Bonchev–Trinajstić information content (AvgIpc) is 2.66. The van der Waals surface area contributed by atoms with Gasteiger partial charge in [-0.3, -0.25) is 4.79 Å². The van der Waals surface area contributed by atoms with Crippen LogP contribution < -0.4 is 10.1 Å². The van der Waals surface area contributed by atoms with Crippen molar-refractivity contribution in [2.45, 2.75) is 0 Å². The summed E-state index contributed by atoms with van der Waals surface area (Å²) in [6.45, 7) is -1.02. The van der Waals surface area contributed by atoms with Crippen LogP contribution in [-0.4, -0.2) is 38.4 Å². The molecule has 136 valence electrons. The molecule has 0 aliphatic heterocycles. The first-order chi connectivity index (χ1) is 12.6. The highest BCUT2D eigenvalue weighted by atomic mass is 19.1. The van der Waals surface area contributed by atoms with Crippen molar-refractivity contribution in [1.82, 2.24) is 0 Å². The summed E-state index contributed by atoms with van der Waals surface area (Å²) in [5.74, 6) is -1.31. The Bertz CT molecular complexity index is 777. The summed E-state index contributed by atoms with van der Waals surface area (Å²) >= 11 is 0. The van der Waals surface area contributed by atoms with E-state index in [2.05, 4.69) is 10.5 Å². The second-order valence-corrected chi connectivity index (χ2v) is 4.97. The predicted octanol–water partition coefficient (Wildman–Crippen LogP) is 2.37. The zero-order valence-electron chi connectivity index (χ0n) is 14.0. The lowest BCUT2D eigenvalue weighted by molar-refractivity contribution is -0.151. The molecule has 0 atom stereocenters. The van der Waals surface area contributed by atoms with Crippen molar-refractivity contribution in [1.29, 1.82) is 0 Å². The van der Waals surface area contributed by atoms with E-state index in [1.807, 2.05) is 0 Å². The summed E-state index contributed by atoms with van der Waals surface area (Å²) in [7, 11) is 1.56. The molecule has 8 heteroatoms. The average molecular weight is 360 g/mol. The Morgan fingerprint density at radius 1 is 1.12 bits per heavy atom. The fourth-order valence-electron chi connectivity index (χ4n) is 1.81. The van der Waals surface area contributed by atoms with Crippen LogP contribution in [0.3, 0.4) is 0 Å². The first kappa shape index (κ1) is 18.9. The molecule has 2 aromatic rings. The second kappa shape index (κ2) is 9.77. The molecule has 0 fully saturated rings. The minimum atomic E-state index is -0.777. The Balaban J connectivity index is 1.67. The molecular formula is C18H17FN2O5. The van der Waals surface area contributed by atoms with Gasteiger partial charge >= 0.3 is 5.97 Å². The maximum Gasteiger partial charge on any atom is 0.347 e. The number of methoxy groups -OCH3 is 1. The van der Waals surface area contributed by atoms with Gasteiger partial charge in [-0.1, -0.05) is 17.3 Å². The van der Waals surface area contributed by atoms with Gasteiger partial charge in [-0.2, -0.15) is 0 Å². The molecule has 0 aliphatic rings. The number of ether oxygens (including phenoxy) is 2. The highest BCUT2D eigenvalue weighted by molar-refractivity contribution is 5.92. The Kier molecular flexibility index (Phi) is 7.11. The van der Waals surface area contributed by atoms with Crippen molar-refractivity contribution in [3.05, 3.63) is 59.9 Å². The smallest absolute Gasteiger partial charge is 0.347 e. The summed E-state index contributed by atoms with van der Waals surface area (Å²) < 4.78 is 23.1. The minimum Gasteiger partial charge on any atom is -0.497 e. The molecule has 1 N–H and O–H groups in total. The van der Waals surface area contributed by atoms with E-state index in [9.17, 15) is 14.0 Å². The van der Waals surface area contributed by atoms with Gasteiger partial charge in [-0.25, -0.2) is 9.18 Å². The van der Waals surface area contributed by atoms with Gasteiger partial charge in [0, 0.05) is 0 Å². The Morgan fingerprint density at radius 3 is 2.54 bits per heavy atom. The van der Waals surface area contributed by atoms with Gasteiger partial charge in [0.15, 0.2) is 6.61 Å². The van der Waals surface area contributed by atoms with Crippen molar-refractivity contribution in [3.63, 3.8) is 0 Å². The van der Waals surface area contributed by atoms with Crippen LogP contribution in [0.2, 0.25) is 0 Å². The standard InChI is InChI=1S/C18H17FN2O5/c1-24-14-8-6-13(7-9-14)10-20-26-12-18(23)25-11-17(22)21-16-5-3-2-4-15(16)19/h2-10H,11-12H2,1H3,(H,21,22)/b20-10-. The van der Waals surface area contributed by atoms with Crippen LogP contribution in [0.5, 0.6) is 5.75 Å². The van der Waals surface area contributed by atoms with Gasteiger partial charge < -0.3 is 19.6 Å². The number of hydrogen-bond acceptors (Lipinski definition) is 6. The number of benzene rings is 2. The van der Waals surface area contributed by atoms with Crippen LogP contribution >= 0.6 is 0 Å². The van der Waals surface area contributed by atoms with Gasteiger partial charge in [0.2, 0.25) is 6.61 Å². The van der Waals surface area contributed by atoms with Gasteiger partial charge in [0.1, 0.15) is 11.6 Å². The van der Waals surface area contributed by atoms with E-state index in [1.165, 1.54) is 24.4 Å². The van der Waals surface area contributed by atoms with Crippen molar-refractivity contribution in [3.8, 4) is 5.75 Å². The molecule has 2 aromatic carbocycles. The molecule has 0 aliphatic carbocycles. The number of rotatable bonds is 8. The van der Waals surface area contributed by atoms with Crippen LogP contribution in [0.1, 0.15) is 5.56 Å². The quantitative estimate of drug-likeness (QED) is 0.444. The van der Waals surface area contributed by atoms with Gasteiger partial charge in [0.05, 0.1) is 19.0 Å². The van der Waals surface area contributed by atoms with E-state index in [0.717, 1.165) is 5.56 Å². The number of hydrogen-bond donors (Lipinski definition) is 1. The highest BCUT2D eigenvalue weighted by Crippen LogP contribution is 2.12. The molecule has 26 heavy (non-hydrogen) atoms. The zero-order chi connectivity index (χ0) is 18.8. The third-order valence-electron chi connectivity index (χ3n) is 3.09. The van der Waals surface area contributed by atoms with Crippen LogP contribution in [0.25, 0.3) is 0 Å². The molecular weight excluding hydrogens is 343 g/mol. The molecule has 0 saturated carbocycles. The maximum absolute atomic E-state index is 13.4. The van der Waals surface area contributed by atoms with Gasteiger partial charge in [0.25, 0.3) is 5.91 Å². The highest BCUT2D eigenvalue weighted by Gasteiger charge is 2.10. The molecule has 0 radical (unpaired) electrons. The molecule has 0 unspecified atom stereocenters. The summed E-state index contributed by atoms with van der Waals surface area (Å²) in [6, 6.07) is 12.7. The molecule has 0 bridgehead atoms. The number of esters is 1. The number of carbonyl (C=O) groups is 2. The summed E-state index contributed by atoms with van der Waals surface area (Å²) in [4.78, 5) is 27.9. The number of carbonyl (C=O) groups excluding carboxylic acids is 2. The Hall–Kier alpha value is -3.42. The monoisotopic (exact) mass is 360 g/mol. The molecule has 7 nitrogen and oxygen atoms in total. The third-order valence-corrected chi connectivity index (χ3v) is 3.09. The predicted molar refractivity (Wildman–Crippen MR) is 92.5 cm³/mol. The van der Waals surface area contributed by atoms with Crippen LogP contribution in [0.4, 0.5) is 10.1 Å². The van der Waals surface area contributed by atoms with E-state index < -0.39 is 30.9 Å². The molecule has 2 rings (SSSR count). The van der Waals surface area contributed by atoms with Crippen LogP contribution in [0, 0.1) is 5.82 Å². The number of halogens is 1. The number of oxime groups is 1. The summed E-state index contributed by atoms with van der Waals surface area (Å²) in [5.41, 5.74) is 0.761. The van der Waals surface area contributed by atoms with Crippen molar-refractivity contribution in [2.75, 3.05) is 25.6 Å².